The zero-order valence-electron chi connectivity index (χ0n) is 15.7. The van der Waals surface area contributed by atoms with Gasteiger partial charge in [-0.2, -0.15) is 0 Å². The van der Waals surface area contributed by atoms with E-state index in [4.69, 9.17) is 4.74 Å². The lowest BCUT2D eigenvalue weighted by molar-refractivity contribution is -0.136. The van der Waals surface area contributed by atoms with Gasteiger partial charge in [-0.15, -0.1) is 6.58 Å². The molecule has 27 heavy (non-hydrogen) atoms. The van der Waals surface area contributed by atoms with Gasteiger partial charge in [-0.1, -0.05) is 35.9 Å². The molecule has 0 bridgehead atoms. The van der Waals surface area contributed by atoms with Crippen LogP contribution in [0.5, 0.6) is 5.75 Å². The Balaban J connectivity index is 2.12. The third-order valence-electron chi connectivity index (χ3n) is 4.47. The number of methoxy groups -OCH3 is 1. The molecule has 0 saturated carbocycles. The van der Waals surface area contributed by atoms with E-state index in [0.29, 0.717) is 17.0 Å². The summed E-state index contributed by atoms with van der Waals surface area (Å²) >= 11 is 0. The lowest BCUT2D eigenvalue weighted by atomic mass is 9.97. The van der Waals surface area contributed by atoms with Gasteiger partial charge in [0, 0.05) is 18.3 Å². The summed E-state index contributed by atoms with van der Waals surface area (Å²) in [4.78, 5) is 27.1. The molecule has 2 amide bonds. The zero-order valence-corrected chi connectivity index (χ0v) is 15.7. The second-order valence-corrected chi connectivity index (χ2v) is 6.43. The lowest BCUT2D eigenvalue weighted by Crippen LogP contribution is -2.32. The fraction of sp³-hybridized carbons (Fsp3) is 0.182. The Morgan fingerprint density at radius 2 is 1.89 bits per heavy atom. The highest BCUT2D eigenvalue weighted by atomic mass is 16.5. The summed E-state index contributed by atoms with van der Waals surface area (Å²) in [5.41, 5.74) is 4.10. The van der Waals surface area contributed by atoms with Crippen molar-refractivity contribution in [2.24, 2.45) is 0 Å². The molecule has 0 aromatic heterocycles. The van der Waals surface area contributed by atoms with Gasteiger partial charge < -0.3 is 10.1 Å². The SMILES string of the molecule is C=CCN1C(=O)C(Nc2cccc(OC)c2)=C(c2ccc(C)cc2C)C1=O. The maximum absolute atomic E-state index is 13.0. The van der Waals surface area contributed by atoms with E-state index in [1.807, 2.05) is 50.2 Å². The van der Waals surface area contributed by atoms with Crippen LogP contribution < -0.4 is 10.1 Å². The van der Waals surface area contributed by atoms with E-state index < -0.39 is 0 Å². The van der Waals surface area contributed by atoms with Crippen molar-refractivity contribution in [3.8, 4) is 5.75 Å². The predicted octanol–water partition coefficient (Wildman–Crippen LogP) is 3.69. The molecule has 0 atom stereocenters. The molecular formula is C22H22N2O3. The molecule has 0 saturated heterocycles. The number of carbonyl (C=O) groups is 2. The standard InChI is InChI=1S/C22H22N2O3/c1-5-11-24-21(25)19(18-10-9-14(2)12-15(18)3)20(22(24)26)23-16-7-6-8-17(13-16)27-4/h5-10,12-13,23H,1,11H2,2-4H3. The van der Waals surface area contributed by atoms with Crippen LogP contribution >= 0.6 is 0 Å². The fourth-order valence-corrected chi connectivity index (χ4v) is 3.18. The average Bonchev–Trinajstić information content (AvgIpc) is 2.87. The Morgan fingerprint density at radius 1 is 1.11 bits per heavy atom. The van der Waals surface area contributed by atoms with Gasteiger partial charge in [0.15, 0.2) is 0 Å². The minimum absolute atomic E-state index is 0.162. The number of imide groups is 1. The molecule has 1 aliphatic heterocycles. The van der Waals surface area contributed by atoms with Crippen molar-refractivity contribution in [2.45, 2.75) is 13.8 Å². The molecule has 1 N–H and O–H groups in total. The van der Waals surface area contributed by atoms with E-state index in [0.717, 1.165) is 16.7 Å². The third-order valence-corrected chi connectivity index (χ3v) is 4.47. The molecule has 5 nitrogen and oxygen atoms in total. The quantitative estimate of drug-likeness (QED) is 0.629. The van der Waals surface area contributed by atoms with Gasteiger partial charge in [0.2, 0.25) is 0 Å². The summed E-state index contributed by atoms with van der Waals surface area (Å²) in [6.07, 6.45) is 1.55. The van der Waals surface area contributed by atoms with Gasteiger partial charge in [0.05, 0.1) is 12.7 Å². The monoisotopic (exact) mass is 362 g/mol. The van der Waals surface area contributed by atoms with Crippen molar-refractivity contribution in [1.82, 2.24) is 4.90 Å². The summed E-state index contributed by atoms with van der Waals surface area (Å²) in [7, 11) is 1.58. The number of ether oxygens (including phenoxy) is 1. The minimum atomic E-state index is -0.363. The number of carbonyl (C=O) groups excluding carboxylic acids is 2. The zero-order chi connectivity index (χ0) is 19.6. The van der Waals surface area contributed by atoms with Crippen LogP contribution in [0, 0.1) is 13.8 Å². The number of anilines is 1. The second kappa shape index (κ2) is 7.50. The third kappa shape index (κ3) is 3.49. The molecule has 3 rings (SSSR count). The van der Waals surface area contributed by atoms with Gasteiger partial charge >= 0.3 is 0 Å². The highest BCUT2D eigenvalue weighted by Gasteiger charge is 2.39. The number of hydrogen-bond donors (Lipinski definition) is 1. The summed E-state index contributed by atoms with van der Waals surface area (Å²) < 4.78 is 5.24. The molecule has 2 aromatic rings. The van der Waals surface area contributed by atoms with Crippen LogP contribution in [0.3, 0.4) is 0 Å². The first-order chi connectivity index (χ1) is 13.0. The van der Waals surface area contributed by atoms with Crippen molar-refractivity contribution in [3.63, 3.8) is 0 Å². The van der Waals surface area contributed by atoms with Crippen LogP contribution in [-0.4, -0.2) is 30.4 Å². The molecule has 1 heterocycles. The topological polar surface area (TPSA) is 58.6 Å². The predicted molar refractivity (Wildman–Crippen MR) is 106 cm³/mol. The van der Waals surface area contributed by atoms with E-state index in [1.165, 1.54) is 4.90 Å². The number of nitrogens with zero attached hydrogens (tertiary/aromatic N) is 1. The molecule has 0 unspecified atom stereocenters. The van der Waals surface area contributed by atoms with Gasteiger partial charge in [0.25, 0.3) is 11.8 Å². The average molecular weight is 362 g/mol. The Kier molecular flexibility index (Phi) is 5.12. The number of rotatable bonds is 6. The Morgan fingerprint density at radius 3 is 2.56 bits per heavy atom. The van der Waals surface area contributed by atoms with Crippen molar-refractivity contribution in [2.75, 3.05) is 19.0 Å². The molecule has 0 aliphatic carbocycles. The molecule has 0 fully saturated rings. The van der Waals surface area contributed by atoms with Crippen LogP contribution in [0.4, 0.5) is 5.69 Å². The first-order valence-electron chi connectivity index (χ1n) is 8.66. The van der Waals surface area contributed by atoms with Crippen LogP contribution in [0.15, 0.2) is 60.8 Å². The van der Waals surface area contributed by atoms with Gasteiger partial charge in [-0.05, 0) is 37.1 Å². The van der Waals surface area contributed by atoms with Crippen molar-refractivity contribution >= 4 is 23.1 Å². The van der Waals surface area contributed by atoms with Crippen molar-refractivity contribution in [1.29, 1.82) is 0 Å². The van der Waals surface area contributed by atoms with Gasteiger partial charge in [-0.25, -0.2) is 0 Å². The van der Waals surface area contributed by atoms with Crippen molar-refractivity contribution in [3.05, 3.63) is 77.5 Å². The maximum Gasteiger partial charge on any atom is 0.278 e. The normalized spacial score (nSPS) is 14.0. The van der Waals surface area contributed by atoms with Crippen LogP contribution in [0.1, 0.15) is 16.7 Å². The summed E-state index contributed by atoms with van der Waals surface area (Å²) in [6, 6.07) is 13.1. The number of hydrogen-bond acceptors (Lipinski definition) is 4. The second-order valence-electron chi connectivity index (χ2n) is 6.43. The van der Waals surface area contributed by atoms with Crippen LogP contribution in [-0.2, 0) is 9.59 Å². The van der Waals surface area contributed by atoms with E-state index >= 15 is 0 Å². The molecular weight excluding hydrogens is 340 g/mol. The number of nitrogens with one attached hydrogen (secondary N) is 1. The summed E-state index contributed by atoms with van der Waals surface area (Å²) in [5.74, 6) is -0.0247. The number of benzene rings is 2. The highest BCUT2D eigenvalue weighted by molar-refractivity contribution is 6.36. The van der Waals surface area contributed by atoms with Gasteiger partial charge in [0.1, 0.15) is 11.4 Å². The molecule has 5 heteroatoms. The minimum Gasteiger partial charge on any atom is -0.497 e. The summed E-state index contributed by atoms with van der Waals surface area (Å²) in [5, 5.41) is 3.13. The van der Waals surface area contributed by atoms with E-state index in [1.54, 1.807) is 19.3 Å². The molecule has 0 spiro atoms. The van der Waals surface area contributed by atoms with E-state index in [9.17, 15) is 9.59 Å². The summed E-state index contributed by atoms with van der Waals surface area (Å²) in [6.45, 7) is 7.74. The number of aryl methyl sites for hydroxylation is 2. The Bertz CT molecular complexity index is 960. The lowest BCUT2D eigenvalue weighted by Gasteiger charge is -2.12. The van der Waals surface area contributed by atoms with Gasteiger partial charge in [-0.3, -0.25) is 14.5 Å². The first-order valence-corrected chi connectivity index (χ1v) is 8.66. The largest absolute Gasteiger partial charge is 0.497 e. The molecule has 138 valence electrons. The smallest absolute Gasteiger partial charge is 0.278 e. The van der Waals surface area contributed by atoms with Crippen LogP contribution in [0.2, 0.25) is 0 Å². The fourth-order valence-electron chi connectivity index (χ4n) is 3.18. The molecule has 0 radical (unpaired) electrons. The molecule has 1 aliphatic rings. The molecule has 2 aromatic carbocycles. The van der Waals surface area contributed by atoms with Crippen molar-refractivity contribution < 1.29 is 14.3 Å². The Labute approximate surface area is 158 Å². The highest BCUT2D eigenvalue weighted by Crippen LogP contribution is 2.33. The van der Waals surface area contributed by atoms with E-state index in [-0.39, 0.29) is 24.1 Å². The van der Waals surface area contributed by atoms with Crippen LogP contribution in [0.25, 0.3) is 5.57 Å². The first kappa shape index (κ1) is 18.5. The number of amides is 2. The van der Waals surface area contributed by atoms with E-state index in [2.05, 4.69) is 11.9 Å². The maximum atomic E-state index is 13.0. The Hall–Kier alpha value is -3.34.